The summed E-state index contributed by atoms with van der Waals surface area (Å²) in [4.78, 5) is 2.00. The topological polar surface area (TPSA) is 47.3 Å². The highest BCUT2D eigenvalue weighted by Gasteiger charge is 2.32. The molecule has 1 fully saturated rings. The van der Waals surface area contributed by atoms with Gasteiger partial charge in [0.05, 0.1) is 11.7 Å². The molecular formula is C18H16F2N2O. The van der Waals surface area contributed by atoms with Crippen molar-refractivity contribution in [3.63, 3.8) is 0 Å². The molecule has 0 unspecified atom stereocenters. The number of rotatable bonds is 3. The Morgan fingerprint density at radius 3 is 2.74 bits per heavy atom. The van der Waals surface area contributed by atoms with E-state index in [4.69, 9.17) is 5.26 Å². The van der Waals surface area contributed by atoms with Gasteiger partial charge in [-0.25, -0.2) is 8.78 Å². The highest BCUT2D eigenvalue weighted by molar-refractivity contribution is 5.33. The van der Waals surface area contributed by atoms with E-state index in [1.807, 2.05) is 11.0 Å². The number of β-amino-alcohol motifs (C(OH)–C–C–N with tert-alkyl or cyclic N) is 1. The second-order valence-electron chi connectivity index (χ2n) is 5.82. The van der Waals surface area contributed by atoms with E-state index in [9.17, 15) is 13.9 Å². The van der Waals surface area contributed by atoms with E-state index >= 15 is 0 Å². The van der Waals surface area contributed by atoms with Crippen molar-refractivity contribution in [3.05, 3.63) is 70.8 Å². The van der Waals surface area contributed by atoms with Crippen molar-refractivity contribution < 1.29 is 13.9 Å². The van der Waals surface area contributed by atoms with Gasteiger partial charge in [-0.2, -0.15) is 5.26 Å². The Morgan fingerprint density at radius 2 is 2.04 bits per heavy atom. The molecule has 0 spiro atoms. The molecule has 0 saturated carbocycles. The standard InChI is InChI=1S/C18H16F2N2O/c19-15-3-1-2-13(7-15)18-8-16(23)11-22(18)10-12-4-5-14(9-21)17(20)6-12/h1-7,16,18,23H,8,10-11H2/t16-,18+/m0/s1. The number of aliphatic hydroxyl groups excluding tert-OH is 1. The smallest absolute Gasteiger partial charge is 0.141 e. The van der Waals surface area contributed by atoms with E-state index in [0.717, 1.165) is 11.1 Å². The van der Waals surface area contributed by atoms with Gasteiger partial charge in [-0.15, -0.1) is 0 Å². The largest absolute Gasteiger partial charge is 0.392 e. The summed E-state index contributed by atoms with van der Waals surface area (Å²) in [7, 11) is 0. The Labute approximate surface area is 133 Å². The molecule has 0 bridgehead atoms. The Kier molecular flexibility index (Phi) is 4.37. The number of hydrogen-bond donors (Lipinski definition) is 1. The first-order valence-electron chi connectivity index (χ1n) is 7.43. The van der Waals surface area contributed by atoms with Crippen molar-refractivity contribution in [1.82, 2.24) is 4.90 Å². The summed E-state index contributed by atoms with van der Waals surface area (Å²) in [6, 6.07) is 12.5. The van der Waals surface area contributed by atoms with Crippen LogP contribution in [0.2, 0.25) is 0 Å². The van der Waals surface area contributed by atoms with Gasteiger partial charge in [0.25, 0.3) is 0 Å². The number of halogens is 2. The van der Waals surface area contributed by atoms with Crippen molar-refractivity contribution >= 4 is 0 Å². The van der Waals surface area contributed by atoms with Gasteiger partial charge in [0.1, 0.15) is 17.7 Å². The Bertz CT molecular complexity index is 757. The maximum atomic E-state index is 13.7. The molecule has 3 rings (SSSR count). The van der Waals surface area contributed by atoms with Crippen LogP contribution in [0.4, 0.5) is 8.78 Å². The SMILES string of the molecule is N#Cc1ccc(CN2C[C@@H](O)C[C@@H]2c2cccc(F)c2)cc1F. The van der Waals surface area contributed by atoms with E-state index in [1.54, 1.807) is 18.2 Å². The van der Waals surface area contributed by atoms with Crippen LogP contribution in [0.5, 0.6) is 0 Å². The summed E-state index contributed by atoms with van der Waals surface area (Å²) in [6.45, 7) is 0.879. The van der Waals surface area contributed by atoms with Crippen molar-refractivity contribution in [3.8, 4) is 6.07 Å². The van der Waals surface area contributed by atoms with Gasteiger partial charge in [-0.1, -0.05) is 18.2 Å². The van der Waals surface area contributed by atoms with Gasteiger partial charge < -0.3 is 5.11 Å². The van der Waals surface area contributed by atoms with Gasteiger partial charge in [-0.05, 0) is 41.8 Å². The summed E-state index contributed by atoms with van der Waals surface area (Å²) in [6.07, 6.45) is 0.0221. The molecule has 1 N–H and O–H groups in total. The fraction of sp³-hybridized carbons (Fsp3) is 0.278. The van der Waals surface area contributed by atoms with Crippen LogP contribution in [0.3, 0.4) is 0 Å². The van der Waals surface area contributed by atoms with Crippen LogP contribution >= 0.6 is 0 Å². The molecule has 1 aliphatic heterocycles. The maximum Gasteiger partial charge on any atom is 0.141 e. The third kappa shape index (κ3) is 3.39. The molecule has 0 radical (unpaired) electrons. The number of nitriles is 1. The molecule has 5 heteroatoms. The normalized spacial score (nSPS) is 21.3. The molecule has 23 heavy (non-hydrogen) atoms. The fourth-order valence-corrected chi connectivity index (χ4v) is 3.10. The molecule has 2 aromatic rings. The summed E-state index contributed by atoms with van der Waals surface area (Å²) in [5, 5.41) is 18.7. The zero-order chi connectivity index (χ0) is 16.4. The van der Waals surface area contributed by atoms with Gasteiger partial charge in [0, 0.05) is 19.1 Å². The van der Waals surface area contributed by atoms with Crippen LogP contribution in [0.15, 0.2) is 42.5 Å². The van der Waals surface area contributed by atoms with Crippen LogP contribution in [0, 0.1) is 23.0 Å². The van der Waals surface area contributed by atoms with Crippen LogP contribution in [0.25, 0.3) is 0 Å². The lowest BCUT2D eigenvalue weighted by Crippen LogP contribution is -2.24. The monoisotopic (exact) mass is 314 g/mol. The molecule has 118 valence electrons. The van der Waals surface area contributed by atoms with Gasteiger partial charge in [0.2, 0.25) is 0 Å². The fourth-order valence-electron chi connectivity index (χ4n) is 3.10. The van der Waals surface area contributed by atoms with Crippen molar-refractivity contribution in [1.29, 1.82) is 5.26 Å². The third-order valence-electron chi connectivity index (χ3n) is 4.15. The average molecular weight is 314 g/mol. The van der Waals surface area contributed by atoms with Crippen molar-refractivity contribution in [2.75, 3.05) is 6.54 Å². The predicted molar refractivity (Wildman–Crippen MR) is 81.3 cm³/mol. The number of hydrogen-bond acceptors (Lipinski definition) is 3. The quantitative estimate of drug-likeness (QED) is 0.947. The zero-order valence-electron chi connectivity index (χ0n) is 12.4. The maximum absolute atomic E-state index is 13.7. The Hall–Kier alpha value is -2.29. The number of likely N-dealkylation sites (tertiary alicyclic amines) is 1. The number of aliphatic hydroxyl groups is 1. The van der Waals surface area contributed by atoms with E-state index in [0.29, 0.717) is 19.5 Å². The van der Waals surface area contributed by atoms with E-state index < -0.39 is 11.9 Å². The molecule has 3 nitrogen and oxygen atoms in total. The molecule has 2 aromatic carbocycles. The second kappa shape index (κ2) is 6.45. The molecule has 1 aliphatic rings. The van der Waals surface area contributed by atoms with E-state index in [2.05, 4.69) is 0 Å². The number of nitrogens with zero attached hydrogens (tertiary/aromatic N) is 2. The summed E-state index contributed by atoms with van der Waals surface area (Å²) in [5.41, 5.74) is 1.53. The average Bonchev–Trinajstić information content (AvgIpc) is 2.88. The van der Waals surface area contributed by atoms with Gasteiger partial charge in [-0.3, -0.25) is 4.90 Å². The lowest BCUT2D eigenvalue weighted by atomic mass is 10.0. The Morgan fingerprint density at radius 1 is 1.22 bits per heavy atom. The van der Waals surface area contributed by atoms with E-state index in [1.165, 1.54) is 24.3 Å². The Balaban J connectivity index is 1.83. The summed E-state index contributed by atoms with van der Waals surface area (Å²) >= 11 is 0. The molecule has 1 heterocycles. The zero-order valence-corrected chi connectivity index (χ0v) is 12.4. The number of benzene rings is 2. The highest BCUT2D eigenvalue weighted by Crippen LogP contribution is 2.33. The van der Waals surface area contributed by atoms with Crippen LogP contribution in [-0.2, 0) is 6.54 Å². The first-order chi connectivity index (χ1) is 11.1. The van der Waals surface area contributed by atoms with Crippen molar-refractivity contribution in [2.45, 2.75) is 25.1 Å². The molecular weight excluding hydrogens is 298 g/mol. The molecule has 0 amide bonds. The lowest BCUT2D eigenvalue weighted by Gasteiger charge is -2.24. The molecule has 1 saturated heterocycles. The van der Waals surface area contributed by atoms with E-state index in [-0.39, 0.29) is 17.4 Å². The van der Waals surface area contributed by atoms with Gasteiger partial charge in [0.15, 0.2) is 0 Å². The minimum Gasteiger partial charge on any atom is -0.392 e. The minimum absolute atomic E-state index is 0.0110. The van der Waals surface area contributed by atoms with Crippen molar-refractivity contribution in [2.24, 2.45) is 0 Å². The molecule has 0 aliphatic carbocycles. The highest BCUT2D eigenvalue weighted by atomic mass is 19.1. The molecule has 0 aromatic heterocycles. The van der Waals surface area contributed by atoms with Crippen LogP contribution in [-0.4, -0.2) is 22.7 Å². The predicted octanol–water partition coefficient (Wildman–Crippen LogP) is 3.14. The molecule has 2 atom stereocenters. The van der Waals surface area contributed by atoms with Crippen LogP contribution < -0.4 is 0 Å². The lowest BCUT2D eigenvalue weighted by molar-refractivity contribution is 0.172. The summed E-state index contributed by atoms with van der Waals surface area (Å²) < 4.78 is 27.2. The third-order valence-corrected chi connectivity index (χ3v) is 4.15. The minimum atomic E-state index is -0.549. The summed E-state index contributed by atoms with van der Waals surface area (Å²) in [5.74, 6) is -0.861. The van der Waals surface area contributed by atoms with Crippen LogP contribution in [0.1, 0.15) is 29.2 Å². The second-order valence-corrected chi connectivity index (χ2v) is 5.82. The first kappa shape index (κ1) is 15.6. The first-order valence-corrected chi connectivity index (χ1v) is 7.43. The van der Waals surface area contributed by atoms with Gasteiger partial charge >= 0.3 is 0 Å².